The van der Waals surface area contributed by atoms with Crippen LogP contribution in [0, 0.1) is 0 Å². The van der Waals surface area contributed by atoms with Gasteiger partial charge in [-0.2, -0.15) is 13.2 Å². The molecule has 1 atom stereocenters. The molecule has 0 saturated carbocycles. The summed E-state index contributed by atoms with van der Waals surface area (Å²) in [5.74, 6) is -0.134. The van der Waals surface area contributed by atoms with Crippen LogP contribution in [0.3, 0.4) is 0 Å². The van der Waals surface area contributed by atoms with Gasteiger partial charge in [-0.25, -0.2) is 4.98 Å². The van der Waals surface area contributed by atoms with Crippen LogP contribution in [0.1, 0.15) is 29.2 Å². The minimum atomic E-state index is -4.35. The zero-order valence-corrected chi connectivity index (χ0v) is 19.4. The molecule has 0 spiro atoms. The summed E-state index contributed by atoms with van der Waals surface area (Å²) in [6.07, 6.45) is -3.10. The Morgan fingerprint density at radius 2 is 1.79 bits per heavy atom. The monoisotopic (exact) mass is 483 g/mol. The van der Waals surface area contributed by atoms with E-state index in [0.29, 0.717) is 19.4 Å². The summed E-state index contributed by atoms with van der Waals surface area (Å²) < 4.78 is 39.6. The molecule has 34 heavy (non-hydrogen) atoms. The van der Waals surface area contributed by atoms with Crippen molar-refractivity contribution < 1.29 is 18.0 Å². The Morgan fingerprint density at radius 3 is 2.47 bits per heavy atom. The molecule has 1 unspecified atom stereocenters. The van der Waals surface area contributed by atoms with Crippen molar-refractivity contribution in [3.63, 3.8) is 0 Å². The average Bonchev–Trinajstić information content (AvgIpc) is 3.31. The third kappa shape index (κ3) is 5.39. The van der Waals surface area contributed by atoms with Crippen LogP contribution in [0.25, 0.3) is 10.2 Å². The molecule has 0 bridgehead atoms. The van der Waals surface area contributed by atoms with E-state index in [-0.39, 0.29) is 5.91 Å². The average molecular weight is 484 g/mol. The molecule has 0 aliphatic carbocycles. The van der Waals surface area contributed by atoms with Crippen molar-refractivity contribution in [3.05, 3.63) is 95.0 Å². The van der Waals surface area contributed by atoms with Gasteiger partial charge in [-0.05, 0) is 54.3 Å². The summed E-state index contributed by atoms with van der Waals surface area (Å²) in [4.78, 5) is 19.4. The van der Waals surface area contributed by atoms with Gasteiger partial charge < -0.3 is 10.2 Å². The van der Waals surface area contributed by atoms with Crippen LogP contribution in [0.2, 0.25) is 0 Å². The van der Waals surface area contributed by atoms with Gasteiger partial charge in [0.2, 0.25) is 5.91 Å². The lowest BCUT2D eigenvalue weighted by Crippen LogP contribution is -2.40. The number of aryl methyl sites for hydroxylation is 1. The van der Waals surface area contributed by atoms with Crippen LogP contribution in [0.5, 0.6) is 0 Å². The van der Waals surface area contributed by atoms with Crippen molar-refractivity contribution in [3.8, 4) is 0 Å². The van der Waals surface area contributed by atoms with Gasteiger partial charge in [-0.3, -0.25) is 4.79 Å². The van der Waals surface area contributed by atoms with Crippen molar-refractivity contribution in [2.24, 2.45) is 0 Å². The topological polar surface area (TPSA) is 45.2 Å². The molecule has 4 rings (SSSR count). The smallest absolute Gasteiger partial charge is 0.357 e. The Hall–Kier alpha value is -3.39. The van der Waals surface area contributed by atoms with Crippen LogP contribution in [-0.2, 0) is 17.4 Å². The van der Waals surface area contributed by atoms with Crippen LogP contribution in [-0.4, -0.2) is 24.5 Å². The number of hydrogen-bond donors (Lipinski definition) is 1. The highest BCUT2D eigenvalue weighted by atomic mass is 32.1. The molecule has 0 aliphatic rings. The fourth-order valence-corrected chi connectivity index (χ4v) is 4.70. The van der Waals surface area contributed by atoms with Gasteiger partial charge in [-0.15, -0.1) is 11.3 Å². The third-order valence-electron chi connectivity index (χ3n) is 5.71. The Labute approximate surface area is 200 Å². The van der Waals surface area contributed by atoms with Crippen molar-refractivity contribution >= 4 is 33.1 Å². The van der Waals surface area contributed by atoms with E-state index in [4.69, 9.17) is 0 Å². The first-order valence-electron chi connectivity index (χ1n) is 10.9. The highest BCUT2D eigenvalue weighted by Crippen LogP contribution is 2.32. The number of carbonyl (C=O) groups excluding carboxylic acids is 1. The van der Waals surface area contributed by atoms with Crippen molar-refractivity contribution in [1.82, 2.24) is 10.3 Å². The third-order valence-corrected chi connectivity index (χ3v) is 6.51. The number of fused-ring (bicyclic) bond motifs is 1. The number of rotatable bonds is 8. The molecule has 0 aliphatic heterocycles. The quantitative estimate of drug-likeness (QED) is 0.323. The van der Waals surface area contributed by atoms with E-state index >= 15 is 0 Å². The predicted molar refractivity (Wildman–Crippen MR) is 130 cm³/mol. The second-order valence-corrected chi connectivity index (χ2v) is 8.81. The number of nitrogens with one attached hydrogen (secondary N) is 1. The van der Waals surface area contributed by atoms with Gasteiger partial charge in [0.15, 0.2) is 0 Å². The molecule has 1 aromatic heterocycles. The number of anilines is 1. The molecular weight excluding hydrogens is 459 g/mol. The van der Waals surface area contributed by atoms with Gasteiger partial charge in [0.1, 0.15) is 6.04 Å². The maximum absolute atomic E-state index is 13.0. The molecule has 1 heterocycles. The summed E-state index contributed by atoms with van der Waals surface area (Å²) in [6, 6.07) is 20.2. The number of alkyl halides is 3. The Morgan fingerprint density at radius 1 is 1.06 bits per heavy atom. The standard InChI is InChI=1S/C26H24F3N3OS/c1-30-25(33)24(19-7-3-2-4-8-19)32(21-13-14-22-23(16-21)34-17-31-22)15-5-6-18-9-11-20(12-10-18)26(27,28)29/h2-4,7-14,16-17,24H,5-6,15H2,1H3,(H,30,33). The first-order valence-corrected chi connectivity index (χ1v) is 11.8. The maximum atomic E-state index is 13.0. The zero-order valence-electron chi connectivity index (χ0n) is 18.5. The van der Waals surface area contributed by atoms with Crippen molar-refractivity contribution in [2.75, 3.05) is 18.5 Å². The van der Waals surface area contributed by atoms with E-state index in [0.717, 1.165) is 39.2 Å². The van der Waals surface area contributed by atoms with Crippen LogP contribution >= 0.6 is 11.3 Å². The number of amides is 1. The molecule has 1 amide bonds. The van der Waals surface area contributed by atoms with E-state index in [1.54, 1.807) is 12.6 Å². The number of benzene rings is 3. The van der Waals surface area contributed by atoms with Crippen molar-refractivity contribution in [1.29, 1.82) is 0 Å². The molecule has 8 heteroatoms. The first-order chi connectivity index (χ1) is 16.4. The molecular formula is C26H24F3N3OS. The van der Waals surface area contributed by atoms with Gasteiger partial charge in [0.05, 0.1) is 21.3 Å². The van der Waals surface area contributed by atoms with Crippen LogP contribution in [0.15, 0.2) is 78.3 Å². The minimum Gasteiger partial charge on any atom is -0.357 e. The van der Waals surface area contributed by atoms with E-state index in [9.17, 15) is 18.0 Å². The summed E-state index contributed by atoms with van der Waals surface area (Å²) in [6.45, 7) is 0.540. The van der Waals surface area contributed by atoms with Crippen molar-refractivity contribution in [2.45, 2.75) is 25.1 Å². The van der Waals surface area contributed by atoms with Gasteiger partial charge in [-0.1, -0.05) is 42.5 Å². The predicted octanol–water partition coefficient (Wildman–Crippen LogP) is 6.24. The van der Waals surface area contributed by atoms with Gasteiger partial charge >= 0.3 is 6.18 Å². The number of thiazole rings is 1. The molecule has 176 valence electrons. The number of likely N-dealkylation sites (N-methyl/N-ethyl adjacent to an activating group) is 1. The number of halogens is 3. The Bertz CT molecular complexity index is 1240. The Balaban J connectivity index is 1.61. The minimum absolute atomic E-state index is 0.134. The normalized spacial score (nSPS) is 12.5. The van der Waals surface area contributed by atoms with E-state index in [2.05, 4.69) is 15.2 Å². The largest absolute Gasteiger partial charge is 0.416 e. The molecule has 4 aromatic rings. The first kappa shape index (κ1) is 23.8. The molecule has 4 nitrogen and oxygen atoms in total. The van der Waals surface area contributed by atoms with E-state index in [1.165, 1.54) is 23.5 Å². The summed E-state index contributed by atoms with van der Waals surface area (Å²) >= 11 is 1.53. The lowest BCUT2D eigenvalue weighted by atomic mass is 10.0. The second-order valence-electron chi connectivity index (χ2n) is 7.92. The highest BCUT2D eigenvalue weighted by Gasteiger charge is 2.30. The summed E-state index contributed by atoms with van der Waals surface area (Å²) in [7, 11) is 1.62. The molecule has 0 radical (unpaired) electrons. The van der Waals surface area contributed by atoms with E-state index < -0.39 is 17.8 Å². The molecule has 0 fully saturated rings. The Kier molecular flexibility index (Phi) is 7.17. The molecule has 3 aromatic carbocycles. The van der Waals surface area contributed by atoms with Gasteiger partial charge in [0.25, 0.3) is 0 Å². The maximum Gasteiger partial charge on any atom is 0.416 e. The fourth-order valence-electron chi connectivity index (χ4n) is 3.99. The number of aromatic nitrogens is 1. The van der Waals surface area contributed by atoms with Crippen LogP contribution in [0.4, 0.5) is 18.9 Å². The SMILES string of the molecule is CNC(=O)C(c1ccccc1)N(CCCc1ccc(C(F)(F)F)cc1)c1ccc2ncsc2c1. The lowest BCUT2D eigenvalue weighted by Gasteiger charge is -2.33. The lowest BCUT2D eigenvalue weighted by molar-refractivity contribution is -0.137. The number of nitrogens with zero attached hydrogens (tertiary/aromatic N) is 2. The molecule has 1 N–H and O–H groups in total. The number of hydrogen-bond acceptors (Lipinski definition) is 4. The summed E-state index contributed by atoms with van der Waals surface area (Å²) in [5, 5.41) is 2.78. The fraction of sp³-hybridized carbons (Fsp3) is 0.231. The zero-order chi connectivity index (χ0) is 24.1. The van der Waals surface area contributed by atoms with Gasteiger partial charge in [0, 0.05) is 19.3 Å². The second kappa shape index (κ2) is 10.3. The summed E-state index contributed by atoms with van der Waals surface area (Å²) in [5.41, 5.74) is 4.61. The number of carbonyl (C=O) groups is 1. The molecule has 0 saturated heterocycles. The van der Waals surface area contributed by atoms with Crippen LogP contribution < -0.4 is 10.2 Å². The highest BCUT2D eigenvalue weighted by molar-refractivity contribution is 7.16. The van der Waals surface area contributed by atoms with E-state index in [1.807, 2.05) is 48.5 Å².